The van der Waals surface area contributed by atoms with Crippen LogP contribution in [0.15, 0.2) is 12.7 Å². The topological polar surface area (TPSA) is 199 Å². The molecule has 10 heteroatoms. The third-order valence-electron chi connectivity index (χ3n) is 4.58. The predicted molar refractivity (Wildman–Crippen MR) is 148 cm³/mol. The monoisotopic (exact) mass is 544 g/mol. The molecule has 9 N–H and O–H groups in total. The van der Waals surface area contributed by atoms with Gasteiger partial charge >= 0.3 is 5.97 Å². The largest absolute Gasteiger partial charge is 0.478 e. The first kappa shape index (κ1) is 45.8. The standard InChI is InChI=1S/4C6H14O2.C3H4O2/c4*1-2-3-4-6(8)5-7;1-2-3(4)5/h4*6-8H,2-5H2,1H3;2H,1H2,(H,4,5). The Morgan fingerprint density at radius 1 is 0.568 bits per heavy atom. The van der Waals surface area contributed by atoms with Crippen LogP contribution < -0.4 is 0 Å². The van der Waals surface area contributed by atoms with Crippen LogP contribution in [-0.4, -0.2) is 103 Å². The minimum Gasteiger partial charge on any atom is -0.478 e. The Bertz CT molecular complexity index is 355. The van der Waals surface area contributed by atoms with Crippen molar-refractivity contribution in [1.29, 1.82) is 0 Å². The molecule has 0 saturated carbocycles. The van der Waals surface area contributed by atoms with Gasteiger partial charge in [0.1, 0.15) is 0 Å². The summed E-state index contributed by atoms with van der Waals surface area (Å²) >= 11 is 0. The van der Waals surface area contributed by atoms with E-state index in [4.69, 9.17) is 46.0 Å². The average molecular weight is 545 g/mol. The number of aliphatic hydroxyl groups excluding tert-OH is 8. The van der Waals surface area contributed by atoms with Crippen LogP contribution in [0.3, 0.4) is 0 Å². The zero-order valence-corrected chi connectivity index (χ0v) is 23.8. The van der Waals surface area contributed by atoms with Crippen LogP contribution in [0, 0.1) is 0 Å². The van der Waals surface area contributed by atoms with Gasteiger partial charge < -0.3 is 46.0 Å². The van der Waals surface area contributed by atoms with Crippen LogP contribution in [0.25, 0.3) is 0 Å². The van der Waals surface area contributed by atoms with Gasteiger partial charge in [-0.15, -0.1) is 0 Å². The van der Waals surface area contributed by atoms with E-state index in [0.717, 1.165) is 83.1 Å². The van der Waals surface area contributed by atoms with Crippen molar-refractivity contribution in [2.45, 2.75) is 129 Å². The summed E-state index contributed by atoms with van der Waals surface area (Å²) in [6.07, 6.45) is 10.1. The van der Waals surface area contributed by atoms with Crippen molar-refractivity contribution in [2.24, 2.45) is 0 Å². The molecule has 37 heavy (non-hydrogen) atoms. The second-order valence-corrected chi connectivity index (χ2v) is 8.46. The lowest BCUT2D eigenvalue weighted by atomic mass is 10.2. The van der Waals surface area contributed by atoms with E-state index >= 15 is 0 Å². The molecule has 4 atom stereocenters. The molecule has 0 aliphatic heterocycles. The van der Waals surface area contributed by atoms with Crippen molar-refractivity contribution in [2.75, 3.05) is 26.4 Å². The molecule has 0 bridgehead atoms. The molecule has 10 nitrogen and oxygen atoms in total. The van der Waals surface area contributed by atoms with E-state index in [1.807, 2.05) is 0 Å². The third-order valence-corrected chi connectivity index (χ3v) is 4.58. The zero-order valence-electron chi connectivity index (χ0n) is 23.8. The molecule has 0 aromatic heterocycles. The lowest BCUT2D eigenvalue weighted by Crippen LogP contribution is -2.10. The SMILES string of the molecule is C=CC(=O)O.CCCCC(O)CO.CCCCC(O)CO.CCCCC(O)CO.CCCCC(O)CO. The number of rotatable bonds is 17. The highest BCUT2D eigenvalue weighted by Gasteiger charge is 1.99. The van der Waals surface area contributed by atoms with Crippen LogP contribution in [0.5, 0.6) is 0 Å². The van der Waals surface area contributed by atoms with Gasteiger partial charge in [-0.05, 0) is 25.7 Å². The first-order valence-electron chi connectivity index (χ1n) is 13.5. The van der Waals surface area contributed by atoms with Crippen molar-refractivity contribution in [3.8, 4) is 0 Å². The van der Waals surface area contributed by atoms with E-state index in [1.165, 1.54) is 0 Å². The van der Waals surface area contributed by atoms with Gasteiger partial charge in [-0.25, -0.2) is 4.79 Å². The number of hydrogen-bond donors (Lipinski definition) is 9. The Morgan fingerprint density at radius 2 is 0.730 bits per heavy atom. The van der Waals surface area contributed by atoms with Crippen LogP contribution in [0.2, 0.25) is 0 Å². The first-order valence-corrected chi connectivity index (χ1v) is 13.5. The highest BCUT2D eigenvalue weighted by Crippen LogP contribution is 1.99. The van der Waals surface area contributed by atoms with Crippen molar-refractivity contribution in [3.63, 3.8) is 0 Å². The highest BCUT2D eigenvalue weighted by atomic mass is 16.4. The number of unbranched alkanes of at least 4 members (excludes halogenated alkanes) is 4. The zero-order chi connectivity index (χ0) is 29.9. The van der Waals surface area contributed by atoms with E-state index < -0.39 is 30.4 Å². The second-order valence-electron chi connectivity index (χ2n) is 8.46. The molecule has 0 fully saturated rings. The molecule has 0 amide bonds. The summed E-state index contributed by atoms with van der Waals surface area (Å²) in [5.41, 5.74) is 0. The van der Waals surface area contributed by atoms with Gasteiger partial charge in [0, 0.05) is 6.08 Å². The van der Waals surface area contributed by atoms with Crippen molar-refractivity contribution < 1.29 is 50.8 Å². The smallest absolute Gasteiger partial charge is 0.327 e. The van der Waals surface area contributed by atoms with E-state index in [2.05, 4.69) is 34.3 Å². The normalized spacial score (nSPS) is 12.9. The molecule has 0 heterocycles. The summed E-state index contributed by atoms with van der Waals surface area (Å²) < 4.78 is 0. The number of carboxylic acids is 1. The number of hydrogen-bond acceptors (Lipinski definition) is 9. The molecule has 0 radical (unpaired) electrons. The minimum atomic E-state index is -0.981. The first-order chi connectivity index (χ1) is 17.5. The molecule has 0 rings (SSSR count). The minimum absolute atomic E-state index is 0.0972. The van der Waals surface area contributed by atoms with E-state index in [0.29, 0.717) is 0 Å². The molecular weight excluding hydrogens is 484 g/mol. The lowest BCUT2D eigenvalue weighted by Gasteiger charge is -2.02. The summed E-state index contributed by atoms with van der Waals surface area (Å²) in [6, 6.07) is 0. The number of carbonyl (C=O) groups is 1. The second kappa shape index (κ2) is 42.0. The highest BCUT2D eigenvalue weighted by molar-refractivity contribution is 5.78. The lowest BCUT2D eigenvalue weighted by molar-refractivity contribution is -0.131. The van der Waals surface area contributed by atoms with E-state index in [9.17, 15) is 4.79 Å². The third kappa shape index (κ3) is 60.9. The fraction of sp³-hybridized carbons (Fsp3) is 0.889. The Kier molecular flexibility index (Phi) is 52.0. The number of carboxylic acid groups (broad SMARTS) is 1. The maximum atomic E-state index is 9.25. The van der Waals surface area contributed by atoms with Gasteiger partial charge in [-0.3, -0.25) is 0 Å². The summed E-state index contributed by atoms with van der Waals surface area (Å²) in [4.78, 5) is 9.25. The quantitative estimate of drug-likeness (QED) is 0.122. The summed E-state index contributed by atoms with van der Waals surface area (Å²) in [5, 5.41) is 75.8. The van der Waals surface area contributed by atoms with Gasteiger partial charge in [0.15, 0.2) is 0 Å². The summed E-state index contributed by atoms with van der Waals surface area (Å²) in [7, 11) is 0. The van der Waals surface area contributed by atoms with Crippen LogP contribution in [0.1, 0.15) is 105 Å². The molecule has 4 unspecified atom stereocenters. The molecule has 0 aromatic carbocycles. The molecule has 228 valence electrons. The van der Waals surface area contributed by atoms with Gasteiger partial charge in [-0.2, -0.15) is 0 Å². The Labute approximate surface area is 225 Å². The van der Waals surface area contributed by atoms with Crippen LogP contribution in [0.4, 0.5) is 0 Å². The van der Waals surface area contributed by atoms with E-state index in [-0.39, 0.29) is 26.4 Å². The maximum absolute atomic E-state index is 9.25. The van der Waals surface area contributed by atoms with Gasteiger partial charge in [0.2, 0.25) is 0 Å². The van der Waals surface area contributed by atoms with Gasteiger partial charge in [0.05, 0.1) is 50.8 Å². The van der Waals surface area contributed by atoms with Crippen molar-refractivity contribution in [1.82, 2.24) is 0 Å². The number of aliphatic hydroxyl groups is 8. The Hall–Kier alpha value is -1.11. The predicted octanol–water partition coefficient (Wildman–Crippen LogP) is 2.38. The van der Waals surface area contributed by atoms with Crippen LogP contribution >= 0.6 is 0 Å². The maximum Gasteiger partial charge on any atom is 0.327 e. The fourth-order valence-electron chi connectivity index (χ4n) is 2.12. The Morgan fingerprint density at radius 3 is 0.811 bits per heavy atom. The molecule has 0 saturated heterocycles. The summed E-state index contributed by atoms with van der Waals surface area (Å²) in [5.74, 6) is -0.981. The van der Waals surface area contributed by atoms with Crippen LogP contribution in [-0.2, 0) is 4.79 Å². The molecule has 0 aliphatic carbocycles. The van der Waals surface area contributed by atoms with Gasteiger partial charge in [0.25, 0.3) is 0 Å². The van der Waals surface area contributed by atoms with Gasteiger partial charge in [-0.1, -0.05) is 85.6 Å². The Balaban J connectivity index is -0.000000116. The fourth-order valence-corrected chi connectivity index (χ4v) is 2.12. The molecule has 0 spiro atoms. The van der Waals surface area contributed by atoms with E-state index in [1.54, 1.807) is 0 Å². The number of aliphatic carboxylic acids is 1. The molecule has 0 aliphatic rings. The van der Waals surface area contributed by atoms with Crippen molar-refractivity contribution in [3.05, 3.63) is 12.7 Å². The summed E-state index contributed by atoms with van der Waals surface area (Å²) in [6.45, 7) is 10.8. The van der Waals surface area contributed by atoms with Crippen molar-refractivity contribution >= 4 is 5.97 Å². The molecular formula is C27H60O10. The molecule has 0 aromatic rings. The average Bonchev–Trinajstić information content (AvgIpc) is 2.92.